The van der Waals surface area contributed by atoms with Crippen LogP contribution in [0.2, 0.25) is 0 Å². The van der Waals surface area contributed by atoms with E-state index in [9.17, 15) is 0 Å². The largest absolute Gasteiger partial charge is 0.0654 e. The molecule has 0 heterocycles. The first kappa shape index (κ1) is 64.0. The molecule has 0 fully saturated rings. The SMILES string of the molecule is CC(C)CC(C)C.CCCC(C)(C)C.CCCCC(C)C.CCCCC(C)C.CCCCCCC.CCC[C@H](C)CC.CC[C@H](C)C(C)C. The van der Waals surface area contributed by atoms with Gasteiger partial charge in [0, 0.05) is 0 Å². The van der Waals surface area contributed by atoms with E-state index in [4.69, 9.17) is 0 Å². The molecule has 0 saturated heterocycles. The van der Waals surface area contributed by atoms with Crippen molar-refractivity contribution in [3.05, 3.63) is 0 Å². The minimum atomic E-state index is 0.550. The highest BCUT2D eigenvalue weighted by atomic mass is 14.1. The normalized spacial score (nSPS) is 11.8. The molecule has 0 saturated carbocycles. The fourth-order valence-electron chi connectivity index (χ4n) is 4.76. The van der Waals surface area contributed by atoms with E-state index in [1.54, 1.807) is 0 Å². The summed E-state index contributed by atoms with van der Waals surface area (Å²) in [6.45, 7) is 52.1. The predicted molar refractivity (Wildman–Crippen MR) is 240 cm³/mol. The molecule has 0 aliphatic carbocycles. The van der Waals surface area contributed by atoms with Crippen LogP contribution in [0.1, 0.15) is 275 Å². The van der Waals surface area contributed by atoms with Crippen molar-refractivity contribution in [1.29, 1.82) is 0 Å². The maximum atomic E-state index is 2.31. The van der Waals surface area contributed by atoms with Gasteiger partial charge in [0.05, 0.1) is 0 Å². The van der Waals surface area contributed by atoms with Crippen LogP contribution in [0.25, 0.3) is 0 Å². The highest BCUT2D eigenvalue weighted by Crippen LogP contribution is 2.19. The van der Waals surface area contributed by atoms with Gasteiger partial charge in [-0.15, -0.1) is 0 Å². The zero-order valence-corrected chi connectivity index (χ0v) is 40.3. The fraction of sp³-hybridized carbons (Fsp3) is 1.00. The average molecular weight is 701 g/mol. The lowest BCUT2D eigenvalue weighted by atomic mass is 9.91. The zero-order valence-electron chi connectivity index (χ0n) is 40.3. The van der Waals surface area contributed by atoms with Crippen LogP contribution in [0.4, 0.5) is 0 Å². The summed E-state index contributed by atoms with van der Waals surface area (Å²) in [6.07, 6.45) is 24.7. The third-order valence-corrected chi connectivity index (χ3v) is 8.68. The quantitative estimate of drug-likeness (QED) is 0.125. The first-order valence-corrected chi connectivity index (χ1v) is 22.6. The summed E-state index contributed by atoms with van der Waals surface area (Å²) >= 11 is 0. The van der Waals surface area contributed by atoms with E-state index in [2.05, 4.69) is 159 Å². The predicted octanol–water partition coefficient (Wildman–Crippen LogP) is 19.7. The highest BCUT2D eigenvalue weighted by Gasteiger charge is 2.06. The third kappa shape index (κ3) is 106. The molecular formula is C49H112. The van der Waals surface area contributed by atoms with Gasteiger partial charge in [0.1, 0.15) is 0 Å². The molecule has 0 radical (unpaired) electrons. The summed E-state index contributed by atoms with van der Waals surface area (Å²) in [7, 11) is 0. The molecule has 0 heteroatoms. The second-order valence-electron chi connectivity index (χ2n) is 18.4. The van der Waals surface area contributed by atoms with Crippen LogP contribution >= 0.6 is 0 Å². The molecule has 0 aromatic carbocycles. The van der Waals surface area contributed by atoms with E-state index in [-0.39, 0.29) is 0 Å². The van der Waals surface area contributed by atoms with Crippen molar-refractivity contribution in [2.24, 2.45) is 46.8 Å². The van der Waals surface area contributed by atoms with Crippen LogP contribution in [0.5, 0.6) is 0 Å². The lowest BCUT2D eigenvalue weighted by Gasteiger charge is -2.15. The smallest absolute Gasteiger partial charge is 0.0383 e. The average Bonchev–Trinajstić information content (AvgIpc) is 2.99. The van der Waals surface area contributed by atoms with Gasteiger partial charge in [0.15, 0.2) is 0 Å². The van der Waals surface area contributed by atoms with Crippen molar-refractivity contribution in [2.75, 3.05) is 0 Å². The summed E-state index contributed by atoms with van der Waals surface area (Å²) in [5.74, 6) is 6.27. The van der Waals surface area contributed by atoms with Gasteiger partial charge in [-0.05, 0) is 59.7 Å². The van der Waals surface area contributed by atoms with E-state index >= 15 is 0 Å². The topological polar surface area (TPSA) is 0 Å². The van der Waals surface area contributed by atoms with E-state index in [0.717, 1.165) is 41.4 Å². The number of rotatable bonds is 18. The van der Waals surface area contributed by atoms with Gasteiger partial charge in [0.2, 0.25) is 0 Å². The first-order chi connectivity index (χ1) is 22.6. The molecule has 0 aliphatic heterocycles. The minimum absolute atomic E-state index is 0.550. The molecule has 0 N–H and O–H groups in total. The maximum absolute atomic E-state index is 2.31. The van der Waals surface area contributed by atoms with Crippen LogP contribution in [-0.4, -0.2) is 0 Å². The molecule has 0 aromatic heterocycles. The second kappa shape index (κ2) is 52.4. The van der Waals surface area contributed by atoms with E-state index in [1.807, 2.05) is 0 Å². The zero-order chi connectivity index (χ0) is 40.3. The number of unbranched alkanes of at least 4 members (excludes halogenated alkanes) is 6. The third-order valence-electron chi connectivity index (χ3n) is 8.68. The maximum Gasteiger partial charge on any atom is -0.0383 e. The van der Waals surface area contributed by atoms with Gasteiger partial charge in [-0.2, -0.15) is 0 Å². The number of hydrogen-bond donors (Lipinski definition) is 0. The van der Waals surface area contributed by atoms with E-state index in [1.165, 1.54) is 116 Å². The Morgan fingerprint density at radius 2 is 0.735 bits per heavy atom. The Kier molecular flexibility index (Phi) is 68.4. The first-order valence-electron chi connectivity index (χ1n) is 22.6. The molecule has 0 nitrogen and oxygen atoms in total. The molecule has 308 valence electrons. The summed E-state index contributed by atoms with van der Waals surface area (Å²) in [5.41, 5.74) is 0.550. The second-order valence-corrected chi connectivity index (χ2v) is 18.4. The van der Waals surface area contributed by atoms with Gasteiger partial charge < -0.3 is 0 Å². The minimum Gasteiger partial charge on any atom is -0.0654 e. The van der Waals surface area contributed by atoms with Gasteiger partial charge in [-0.1, -0.05) is 262 Å². The van der Waals surface area contributed by atoms with Gasteiger partial charge >= 0.3 is 0 Å². The standard InChI is InChI=1S/7C7H16/c1-6(2)5-7(3)4;1-5-6-7(2,3)4;1-5-7(4)6(2)3;2*1-4-5-6-7(2)3;1-4-6-7(3)5-2;1-3-5-7-6-4-2/h6-7H,5H2,1-4H3;5-6H2,1-4H3;6-7H,5H2,1-4H3;3*7H,4-6H2,1-3H3;3-7H2,1-2H3/t;;7-;;;7-;/m..0..1./s1. The highest BCUT2D eigenvalue weighted by molar-refractivity contribution is 4.58. The van der Waals surface area contributed by atoms with Crippen LogP contribution in [-0.2, 0) is 0 Å². The van der Waals surface area contributed by atoms with E-state index < -0.39 is 0 Å². The van der Waals surface area contributed by atoms with Gasteiger partial charge in [0.25, 0.3) is 0 Å². The monoisotopic (exact) mass is 701 g/mol. The Bertz CT molecular complexity index is 453. The molecule has 0 amide bonds. The summed E-state index contributed by atoms with van der Waals surface area (Å²) in [5, 5.41) is 0. The lowest BCUT2D eigenvalue weighted by molar-refractivity contribution is 0.373. The lowest BCUT2D eigenvalue weighted by Crippen LogP contribution is -2.02. The van der Waals surface area contributed by atoms with Crippen molar-refractivity contribution >= 4 is 0 Å². The van der Waals surface area contributed by atoms with Crippen molar-refractivity contribution < 1.29 is 0 Å². The van der Waals surface area contributed by atoms with E-state index in [0.29, 0.717) is 5.41 Å². The van der Waals surface area contributed by atoms with Gasteiger partial charge in [-0.25, -0.2) is 0 Å². The van der Waals surface area contributed by atoms with Crippen molar-refractivity contribution in [1.82, 2.24) is 0 Å². The van der Waals surface area contributed by atoms with Crippen molar-refractivity contribution in [3.63, 3.8) is 0 Å². The molecular weight excluding hydrogens is 589 g/mol. The Labute approximate surface area is 320 Å². The van der Waals surface area contributed by atoms with Crippen LogP contribution in [0.15, 0.2) is 0 Å². The summed E-state index contributed by atoms with van der Waals surface area (Å²) < 4.78 is 0. The summed E-state index contributed by atoms with van der Waals surface area (Å²) in [4.78, 5) is 0. The molecule has 0 rings (SSSR count). The molecule has 0 unspecified atom stereocenters. The van der Waals surface area contributed by atoms with Crippen LogP contribution in [0, 0.1) is 46.8 Å². The molecule has 49 heavy (non-hydrogen) atoms. The fourth-order valence-corrected chi connectivity index (χ4v) is 4.76. The van der Waals surface area contributed by atoms with Crippen LogP contribution < -0.4 is 0 Å². The Morgan fingerprint density at radius 1 is 0.367 bits per heavy atom. The van der Waals surface area contributed by atoms with Crippen molar-refractivity contribution in [2.45, 2.75) is 275 Å². The molecule has 0 bridgehead atoms. The molecule has 0 aromatic rings. The van der Waals surface area contributed by atoms with Crippen LogP contribution in [0.3, 0.4) is 0 Å². The molecule has 0 aliphatic rings. The van der Waals surface area contributed by atoms with Crippen molar-refractivity contribution in [3.8, 4) is 0 Å². The Balaban J connectivity index is -0.0000000840. The number of hydrogen-bond acceptors (Lipinski definition) is 0. The molecule has 2 atom stereocenters. The summed E-state index contributed by atoms with van der Waals surface area (Å²) in [6, 6.07) is 0. The van der Waals surface area contributed by atoms with Gasteiger partial charge in [-0.3, -0.25) is 0 Å². The Morgan fingerprint density at radius 3 is 0.816 bits per heavy atom. The molecule has 0 spiro atoms. The Hall–Kier alpha value is 0.